The van der Waals surface area contributed by atoms with Crippen molar-refractivity contribution in [3.63, 3.8) is 0 Å². The number of aliphatic hydroxyl groups excluding tert-OH is 6. The number of nitrogens with zero attached hydrogens (tertiary/aromatic N) is 1. The molecule has 0 aromatic carbocycles. The number of halogens is 1. The van der Waals surface area contributed by atoms with Crippen LogP contribution in [0.15, 0.2) is 29.0 Å². The number of alkyl halides is 1. The number of aliphatic hydroxyl groups is 7. The lowest BCUT2D eigenvalue weighted by Gasteiger charge is -2.62. The lowest BCUT2D eigenvalue weighted by atomic mass is 9.44. The minimum Gasteiger partial charge on any atom is -0.395 e. The first-order valence-electron chi connectivity index (χ1n) is 15.5. The third kappa shape index (κ3) is 4.82. The zero-order valence-electron chi connectivity index (χ0n) is 25.4. The lowest BCUT2D eigenvalue weighted by Crippen LogP contribution is -2.69. The molecule has 13 heteroatoms. The van der Waals surface area contributed by atoms with Crippen LogP contribution in [0, 0.1) is 28.6 Å². The van der Waals surface area contributed by atoms with Gasteiger partial charge in [0.05, 0.1) is 19.3 Å². The van der Waals surface area contributed by atoms with Gasteiger partial charge in [0.2, 0.25) is 0 Å². The Morgan fingerprint density at radius 3 is 2.52 bits per heavy atom. The monoisotopic (exact) mass is 627 g/mol. The van der Waals surface area contributed by atoms with Gasteiger partial charge in [0.1, 0.15) is 48.9 Å². The van der Waals surface area contributed by atoms with Gasteiger partial charge in [-0.05, 0) is 56.6 Å². The van der Waals surface area contributed by atoms with Crippen LogP contribution in [-0.2, 0) is 19.1 Å². The van der Waals surface area contributed by atoms with E-state index in [0.29, 0.717) is 31.4 Å². The van der Waals surface area contributed by atoms with Gasteiger partial charge in [0.15, 0.2) is 17.7 Å². The summed E-state index contributed by atoms with van der Waals surface area (Å²) in [4.78, 5) is 18.2. The number of ketones is 1. The number of fused-ring (bicyclic) bond motifs is 5. The highest BCUT2D eigenvalue weighted by molar-refractivity contribution is 6.05. The molecular weight excluding hydrogens is 581 g/mol. The van der Waals surface area contributed by atoms with Crippen LogP contribution in [0.3, 0.4) is 0 Å². The minimum absolute atomic E-state index is 0.0733. The Hall–Kier alpha value is -1.81. The summed E-state index contributed by atoms with van der Waals surface area (Å²) in [6.45, 7) is 4.12. The molecule has 44 heavy (non-hydrogen) atoms. The summed E-state index contributed by atoms with van der Waals surface area (Å²) in [5.41, 5.74) is -4.86. The van der Waals surface area contributed by atoms with E-state index >= 15 is 4.39 Å². The molecule has 5 rings (SSSR count). The van der Waals surface area contributed by atoms with E-state index in [1.165, 1.54) is 0 Å². The standard InChI is InChI=1S/C31H46FNO11/c1-16-11-20-19-6-5-17-12-18(33-43-10-4-9-42-27-26(40)25(39)24(38)21(14-34)44-27)7-8-28(17,2)30(19,32)22(36)13-29(20,3)31(16,41)23(37)15-35/h7-8,12,16,19-22,24-27,34-36,38-41H,4-6,9-11,13-15H2,1-3H3/b33-18-/t16-,19+,20+,21-,22+,24-,25+,26+,27+,28+,29+,30+,31+/m1/s1. The maximum atomic E-state index is 17.5. The van der Waals surface area contributed by atoms with Gasteiger partial charge in [-0.25, -0.2) is 4.39 Å². The molecule has 0 spiro atoms. The summed E-state index contributed by atoms with van der Waals surface area (Å²) in [6.07, 6.45) is -1.47. The highest BCUT2D eigenvalue weighted by Gasteiger charge is 2.75. The van der Waals surface area contributed by atoms with Gasteiger partial charge >= 0.3 is 0 Å². The number of rotatable bonds is 9. The van der Waals surface area contributed by atoms with E-state index < -0.39 is 89.7 Å². The Morgan fingerprint density at radius 1 is 1.11 bits per heavy atom. The van der Waals surface area contributed by atoms with Crippen molar-refractivity contribution in [3.8, 4) is 0 Å². The fourth-order valence-electron chi connectivity index (χ4n) is 8.98. The molecule has 4 aliphatic carbocycles. The fraction of sp³-hybridized carbons (Fsp3) is 0.806. The van der Waals surface area contributed by atoms with E-state index in [1.807, 2.05) is 0 Å². The van der Waals surface area contributed by atoms with E-state index in [2.05, 4.69) is 5.16 Å². The molecule has 13 atom stereocenters. The van der Waals surface area contributed by atoms with Crippen LogP contribution in [0.4, 0.5) is 4.39 Å². The molecule has 0 unspecified atom stereocenters. The van der Waals surface area contributed by atoms with Crippen LogP contribution in [-0.4, -0.2) is 122 Å². The first-order valence-corrected chi connectivity index (χ1v) is 15.5. The number of carbonyl (C=O) groups is 1. The zero-order chi connectivity index (χ0) is 32.2. The zero-order valence-corrected chi connectivity index (χ0v) is 25.4. The van der Waals surface area contributed by atoms with E-state index in [-0.39, 0.29) is 25.6 Å². The number of allylic oxidation sites excluding steroid dienone is 4. The Morgan fingerprint density at radius 2 is 1.84 bits per heavy atom. The molecule has 3 saturated carbocycles. The smallest absolute Gasteiger partial charge is 0.190 e. The Bertz CT molecular complexity index is 1200. The van der Waals surface area contributed by atoms with Crippen molar-refractivity contribution >= 4 is 11.5 Å². The molecule has 5 aliphatic rings. The van der Waals surface area contributed by atoms with Crippen LogP contribution in [0.25, 0.3) is 0 Å². The average Bonchev–Trinajstić information content (AvgIpc) is 3.20. The van der Waals surface area contributed by atoms with Gasteiger partial charge in [0.25, 0.3) is 0 Å². The fourth-order valence-corrected chi connectivity index (χ4v) is 8.98. The van der Waals surface area contributed by atoms with Crippen molar-refractivity contribution in [2.24, 2.45) is 33.7 Å². The second-order valence-corrected chi connectivity index (χ2v) is 13.6. The molecule has 248 valence electrons. The van der Waals surface area contributed by atoms with Gasteiger partial charge in [-0.1, -0.05) is 30.7 Å². The SMILES string of the molecule is C[C@@H]1C[C@H]2[C@@H]3CCC4=C/C(=N\OCCCO[C@H]5O[C@H](CO)[C@@H](O)[C@H](O)[C@@H]5O)C=C[C@]4(C)[C@@]3(F)[C@@H](O)C[C@]2(C)[C@@]1(O)C(=O)CO. The summed E-state index contributed by atoms with van der Waals surface area (Å²) in [7, 11) is 0. The Kier molecular flexibility index (Phi) is 9.22. The molecule has 4 fully saturated rings. The van der Waals surface area contributed by atoms with Crippen molar-refractivity contribution in [2.45, 2.75) is 101 Å². The van der Waals surface area contributed by atoms with Crippen LogP contribution in [0.5, 0.6) is 0 Å². The van der Waals surface area contributed by atoms with Crippen molar-refractivity contribution < 1.29 is 59.2 Å². The summed E-state index contributed by atoms with van der Waals surface area (Å²) < 4.78 is 28.2. The molecule has 1 saturated heterocycles. The highest BCUT2D eigenvalue weighted by Crippen LogP contribution is 2.70. The van der Waals surface area contributed by atoms with E-state index in [1.54, 1.807) is 39.0 Å². The predicted octanol–water partition coefficient (Wildman–Crippen LogP) is -0.0942. The van der Waals surface area contributed by atoms with Crippen molar-refractivity contribution in [1.29, 1.82) is 0 Å². The number of Topliss-reactive ketones (excluding diaryl/α,β-unsaturated/α-hetero) is 1. The van der Waals surface area contributed by atoms with Crippen molar-refractivity contribution in [3.05, 3.63) is 23.8 Å². The first-order chi connectivity index (χ1) is 20.7. The maximum Gasteiger partial charge on any atom is 0.190 e. The topological polar surface area (TPSA) is 199 Å². The number of oxime groups is 1. The van der Waals surface area contributed by atoms with Gasteiger partial charge in [0, 0.05) is 23.2 Å². The molecule has 0 aromatic rings. The molecule has 0 aromatic heterocycles. The van der Waals surface area contributed by atoms with Gasteiger partial charge in [-0.3, -0.25) is 4.79 Å². The molecule has 12 nitrogen and oxygen atoms in total. The molecule has 1 heterocycles. The number of hydrogen-bond donors (Lipinski definition) is 7. The molecule has 7 N–H and O–H groups in total. The van der Waals surface area contributed by atoms with E-state index in [4.69, 9.17) is 14.3 Å². The van der Waals surface area contributed by atoms with Crippen LogP contribution >= 0.6 is 0 Å². The Labute approximate surface area is 255 Å². The number of hydrogen-bond acceptors (Lipinski definition) is 12. The number of carbonyl (C=O) groups excluding carboxylic acids is 1. The summed E-state index contributed by atoms with van der Waals surface area (Å²) >= 11 is 0. The average molecular weight is 628 g/mol. The summed E-state index contributed by atoms with van der Waals surface area (Å²) in [5, 5.41) is 75.9. The first kappa shape index (κ1) is 33.6. The van der Waals surface area contributed by atoms with Gasteiger partial charge in [-0.2, -0.15) is 0 Å². The third-order valence-electron chi connectivity index (χ3n) is 11.5. The summed E-state index contributed by atoms with van der Waals surface area (Å²) in [5.74, 6) is -2.14. The largest absolute Gasteiger partial charge is 0.395 e. The molecule has 1 aliphatic heterocycles. The third-order valence-corrected chi connectivity index (χ3v) is 11.5. The summed E-state index contributed by atoms with van der Waals surface area (Å²) in [6, 6.07) is 0. The van der Waals surface area contributed by atoms with Crippen LogP contribution in [0.1, 0.15) is 52.9 Å². The van der Waals surface area contributed by atoms with Crippen molar-refractivity contribution in [2.75, 3.05) is 26.4 Å². The highest BCUT2D eigenvalue weighted by atomic mass is 19.1. The lowest BCUT2D eigenvalue weighted by molar-refractivity contribution is -0.301. The van der Waals surface area contributed by atoms with E-state index in [9.17, 15) is 40.5 Å². The maximum absolute atomic E-state index is 17.5. The van der Waals surface area contributed by atoms with Crippen LogP contribution in [0.2, 0.25) is 0 Å². The Balaban J connectivity index is 1.22. The quantitative estimate of drug-likeness (QED) is 0.133. The predicted molar refractivity (Wildman–Crippen MR) is 153 cm³/mol. The molecule has 0 amide bonds. The molecular formula is C31H46FNO11. The normalized spacial score (nSPS) is 49.2. The van der Waals surface area contributed by atoms with Crippen molar-refractivity contribution in [1.82, 2.24) is 0 Å². The number of ether oxygens (including phenoxy) is 2. The second-order valence-electron chi connectivity index (χ2n) is 13.6. The second kappa shape index (κ2) is 12.1. The van der Waals surface area contributed by atoms with Crippen LogP contribution < -0.4 is 0 Å². The minimum atomic E-state index is -2.04. The molecule has 0 bridgehead atoms. The van der Waals surface area contributed by atoms with E-state index in [0.717, 1.165) is 5.57 Å². The van der Waals surface area contributed by atoms with Gasteiger partial charge in [-0.15, -0.1) is 0 Å². The molecule has 0 radical (unpaired) electrons. The van der Waals surface area contributed by atoms with Gasteiger partial charge < -0.3 is 50.1 Å².